The van der Waals surface area contributed by atoms with E-state index in [4.69, 9.17) is 9.47 Å². The highest BCUT2D eigenvalue weighted by atomic mass is 32.2. The largest absolute Gasteiger partial charge is 0.496 e. The number of carbonyl (C=O) groups is 2. The molecule has 2 aromatic rings. The van der Waals surface area contributed by atoms with Gasteiger partial charge in [0.1, 0.15) is 17.0 Å². The van der Waals surface area contributed by atoms with Gasteiger partial charge in [0.2, 0.25) is 0 Å². The Morgan fingerprint density at radius 3 is 2.59 bits per heavy atom. The molecule has 2 rings (SSSR count). The van der Waals surface area contributed by atoms with Crippen LogP contribution in [0.3, 0.4) is 0 Å². The molecule has 0 unspecified atom stereocenters. The fourth-order valence-electron chi connectivity index (χ4n) is 2.26. The van der Waals surface area contributed by atoms with E-state index in [9.17, 15) is 19.7 Å². The Balaban J connectivity index is 2.04. The summed E-state index contributed by atoms with van der Waals surface area (Å²) >= 11 is 1.49. The van der Waals surface area contributed by atoms with Crippen LogP contribution < -0.4 is 10.1 Å². The Bertz CT molecular complexity index is 884. The van der Waals surface area contributed by atoms with Gasteiger partial charge >= 0.3 is 5.97 Å². The van der Waals surface area contributed by atoms with Crippen molar-refractivity contribution in [3.05, 3.63) is 57.6 Å². The zero-order chi connectivity index (χ0) is 20.0. The Labute approximate surface area is 160 Å². The van der Waals surface area contributed by atoms with Crippen LogP contribution in [0.25, 0.3) is 0 Å². The molecule has 0 radical (unpaired) electrons. The van der Waals surface area contributed by atoms with Crippen LogP contribution in [0.5, 0.6) is 5.75 Å². The number of ether oxygens (including phenoxy) is 2. The molecule has 0 spiro atoms. The van der Waals surface area contributed by atoms with E-state index in [1.807, 2.05) is 6.26 Å². The van der Waals surface area contributed by atoms with Gasteiger partial charge in [0.05, 0.1) is 12.0 Å². The summed E-state index contributed by atoms with van der Waals surface area (Å²) in [7, 11) is 1.43. The first-order valence-corrected chi connectivity index (χ1v) is 9.02. The average molecular weight is 390 g/mol. The zero-order valence-corrected chi connectivity index (χ0v) is 15.8. The number of benzene rings is 2. The van der Waals surface area contributed by atoms with E-state index in [2.05, 4.69) is 5.32 Å². The standard InChI is InChI=1S/C18H18N2O6S/c1-11-4-7-14(15(8-11)20(23)24)19-17(21)10-26-18(22)13-6-5-12(27-3)9-16(13)25-2/h4-9H,10H2,1-3H3,(H,19,21). The fraction of sp³-hybridized carbons (Fsp3) is 0.222. The highest BCUT2D eigenvalue weighted by Crippen LogP contribution is 2.27. The van der Waals surface area contributed by atoms with Crippen LogP contribution in [0.1, 0.15) is 15.9 Å². The number of nitro groups is 1. The molecule has 2 aromatic carbocycles. The van der Waals surface area contributed by atoms with Crippen molar-refractivity contribution in [1.82, 2.24) is 0 Å². The number of anilines is 1. The van der Waals surface area contributed by atoms with Crippen LogP contribution in [-0.4, -0.2) is 36.8 Å². The van der Waals surface area contributed by atoms with Gasteiger partial charge in [-0.15, -0.1) is 11.8 Å². The Hall–Kier alpha value is -3.07. The summed E-state index contributed by atoms with van der Waals surface area (Å²) in [5.41, 5.74) is 0.675. The molecule has 0 bridgehead atoms. The monoisotopic (exact) mass is 390 g/mol. The third kappa shape index (κ3) is 5.20. The zero-order valence-electron chi connectivity index (χ0n) is 15.0. The van der Waals surface area contributed by atoms with Gasteiger partial charge in [0.25, 0.3) is 11.6 Å². The minimum absolute atomic E-state index is 0.0357. The number of carbonyl (C=O) groups excluding carboxylic acids is 2. The molecule has 9 heteroatoms. The van der Waals surface area contributed by atoms with E-state index in [-0.39, 0.29) is 16.9 Å². The van der Waals surface area contributed by atoms with Gasteiger partial charge < -0.3 is 14.8 Å². The van der Waals surface area contributed by atoms with Gasteiger partial charge in [-0.2, -0.15) is 0 Å². The number of thioether (sulfide) groups is 1. The van der Waals surface area contributed by atoms with Crippen molar-refractivity contribution in [2.45, 2.75) is 11.8 Å². The minimum Gasteiger partial charge on any atom is -0.496 e. The molecule has 1 amide bonds. The smallest absolute Gasteiger partial charge is 0.342 e. The first kappa shape index (κ1) is 20.2. The number of methoxy groups -OCH3 is 1. The van der Waals surface area contributed by atoms with Crippen molar-refractivity contribution in [3.8, 4) is 5.75 Å². The molecule has 0 heterocycles. The molecule has 0 saturated carbocycles. The summed E-state index contributed by atoms with van der Waals surface area (Å²) in [6.45, 7) is 1.12. The maximum Gasteiger partial charge on any atom is 0.342 e. The molecular weight excluding hydrogens is 372 g/mol. The first-order chi connectivity index (χ1) is 12.8. The van der Waals surface area contributed by atoms with Crippen LogP contribution in [0, 0.1) is 17.0 Å². The highest BCUT2D eigenvalue weighted by molar-refractivity contribution is 7.98. The second-order valence-electron chi connectivity index (χ2n) is 5.47. The summed E-state index contributed by atoms with van der Waals surface area (Å²) in [4.78, 5) is 35.6. The van der Waals surface area contributed by atoms with Gasteiger partial charge in [-0.1, -0.05) is 6.07 Å². The number of aryl methyl sites for hydroxylation is 1. The van der Waals surface area contributed by atoms with E-state index < -0.39 is 23.4 Å². The lowest BCUT2D eigenvalue weighted by Gasteiger charge is -2.10. The summed E-state index contributed by atoms with van der Waals surface area (Å²) in [5, 5.41) is 13.5. The van der Waals surface area contributed by atoms with Crippen molar-refractivity contribution in [3.63, 3.8) is 0 Å². The Morgan fingerprint density at radius 1 is 1.22 bits per heavy atom. The Morgan fingerprint density at radius 2 is 1.96 bits per heavy atom. The fourth-order valence-corrected chi connectivity index (χ4v) is 2.69. The van der Waals surface area contributed by atoms with Crippen molar-refractivity contribution >= 4 is 35.0 Å². The van der Waals surface area contributed by atoms with Crippen LogP contribution in [0.2, 0.25) is 0 Å². The van der Waals surface area contributed by atoms with E-state index in [0.29, 0.717) is 11.3 Å². The summed E-state index contributed by atoms with van der Waals surface area (Å²) < 4.78 is 10.2. The summed E-state index contributed by atoms with van der Waals surface area (Å²) in [5.74, 6) is -1.08. The van der Waals surface area contributed by atoms with E-state index in [0.717, 1.165) is 4.90 Å². The molecule has 142 valence electrons. The number of hydrogen-bond donors (Lipinski definition) is 1. The Kier molecular flexibility index (Phi) is 6.78. The second-order valence-corrected chi connectivity index (χ2v) is 6.35. The van der Waals surface area contributed by atoms with Gasteiger partial charge in [0.15, 0.2) is 6.61 Å². The number of esters is 1. The van der Waals surface area contributed by atoms with E-state index >= 15 is 0 Å². The quantitative estimate of drug-likeness (QED) is 0.334. The predicted octanol–water partition coefficient (Wildman–Crippen LogP) is 3.43. The third-order valence-corrected chi connectivity index (χ3v) is 4.31. The van der Waals surface area contributed by atoms with Gasteiger partial charge in [-0.25, -0.2) is 4.79 Å². The molecule has 1 N–H and O–H groups in total. The van der Waals surface area contributed by atoms with Crippen LogP contribution in [0.4, 0.5) is 11.4 Å². The molecule has 0 aliphatic heterocycles. The molecule has 0 atom stereocenters. The van der Waals surface area contributed by atoms with Gasteiger partial charge in [-0.05, 0) is 43.0 Å². The van der Waals surface area contributed by atoms with Crippen molar-refractivity contribution < 1.29 is 24.0 Å². The topological polar surface area (TPSA) is 108 Å². The molecule has 0 aromatic heterocycles. The maximum atomic E-state index is 12.2. The molecule has 0 saturated heterocycles. The molecular formula is C18H18N2O6S. The van der Waals surface area contributed by atoms with E-state index in [1.165, 1.54) is 31.0 Å². The predicted molar refractivity (Wildman–Crippen MR) is 102 cm³/mol. The van der Waals surface area contributed by atoms with E-state index in [1.54, 1.807) is 31.2 Å². The first-order valence-electron chi connectivity index (χ1n) is 7.79. The molecule has 0 fully saturated rings. The highest BCUT2D eigenvalue weighted by Gasteiger charge is 2.19. The second kappa shape index (κ2) is 9.04. The van der Waals surface area contributed by atoms with Crippen LogP contribution in [-0.2, 0) is 9.53 Å². The maximum absolute atomic E-state index is 12.2. The van der Waals surface area contributed by atoms with Crippen molar-refractivity contribution in [1.29, 1.82) is 0 Å². The lowest BCUT2D eigenvalue weighted by Crippen LogP contribution is -2.21. The SMILES string of the molecule is COc1cc(SC)ccc1C(=O)OCC(=O)Nc1ccc(C)cc1[N+](=O)[O-]. The summed E-state index contributed by atoms with van der Waals surface area (Å²) in [6, 6.07) is 9.39. The number of nitrogens with zero attached hydrogens (tertiary/aromatic N) is 1. The molecule has 0 aliphatic carbocycles. The summed E-state index contributed by atoms with van der Waals surface area (Å²) in [6.07, 6.45) is 1.89. The number of nitrogens with one attached hydrogen (secondary N) is 1. The molecule has 27 heavy (non-hydrogen) atoms. The normalized spacial score (nSPS) is 10.2. The van der Waals surface area contributed by atoms with Gasteiger partial charge in [-0.3, -0.25) is 14.9 Å². The van der Waals surface area contributed by atoms with Crippen molar-refractivity contribution in [2.24, 2.45) is 0 Å². The lowest BCUT2D eigenvalue weighted by molar-refractivity contribution is -0.384. The number of hydrogen-bond acceptors (Lipinski definition) is 7. The number of amides is 1. The lowest BCUT2D eigenvalue weighted by atomic mass is 10.2. The van der Waals surface area contributed by atoms with Crippen LogP contribution >= 0.6 is 11.8 Å². The third-order valence-electron chi connectivity index (χ3n) is 3.59. The minimum atomic E-state index is -0.729. The average Bonchev–Trinajstić information content (AvgIpc) is 2.66. The number of nitro benzene ring substituents is 1. The molecule has 8 nitrogen and oxygen atoms in total. The number of rotatable bonds is 7. The molecule has 0 aliphatic rings. The van der Waals surface area contributed by atoms with Crippen molar-refractivity contribution in [2.75, 3.05) is 25.3 Å². The van der Waals surface area contributed by atoms with Gasteiger partial charge in [0, 0.05) is 11.0 Å². The van der Waals surface area contributed by atoms with Crippen LogP contribution in [0.15, 0.2) is 41.3 Å².